The van der Waals surface area contributed by atoms with Crippen LogP contribution >= 0.6 is 0 Å². The monoisotopic (exact) mass is 245 g/mol. The molecule has 3 heteroatoms. The summed E-state index contributed by atoms with van der Waals surface area (Å²) in [7, 11) is 0. The van der Waals surface area contributed by atoms with Crippen LogP contribution in [0.1, 0.15) is 24.2 Å². The Hall–Kier alpha value is -2.03. The van der Waals surface area contributed by atoms with Crippen molar-refractivity contribution in [3.8, 4) is 5.75 Å². The van der Waals surface area contributed by atoms with E-state index in [1.54, 1.807) is 6.07 Å². The molecule has 1 unspecified atom stereocenters. The molecule has 0 aliphatic heterocycles. The fourth-order valence-corrected chi connectivity index (χ4v) is 1.82. The molecule has 2 aromatic carbocycles. The van der Waals surface area contributed by atoms with Gasteiger partial charge >= 0.3 is 0 Å². The van der Waals surface area contributed by atoms with Crippen LogP contribution < -0.4 is 10.5 Å². The van der Waals surface area contributed by atoms with Crippen LogP contribution in [0.4, 0.5) is 10.1 Å². The van der Waals surface area contributed by atoms with Gasteiger partial charge in [0.1, 0.15) is 17.7 Å². The molecule has 2 rings (SSSR count). The molecule has 2 N–H and O–H groups in total. The largest absolute Gasteiger partial charge is 0.486 e. The Morgan fingerprint density at radius 2 is 1.94 bits per heavy atom. The van der Waals surface area contributed by atoms with Gasteiger partial charge < -0.3 is 10.5 Å². The number of ether oxygens (including phenoxy) is 1. The zero-order valence-corrected chi connectivity index (χ0v) is 10.5. The van der Waals surface area contributed by atoms with E-state index in [0.717, 1.165) is 11.1 Å². The minimum absolute atomic E-state index is 0.127. The van der Waals surface area contributed by atoms with Crippen molar-refractivity contribution in [1.82, 2.24) is 0 Å². The van der Waals surface area contributed by atoms with Crippen LogP contribution in [-0.4, -0.2) is 0 Å². The van der Waals surface area contributed by atoms with E-state index in [4.69, 9.17) is 10.5 Å². The number of halogens is 1. The molecule has 0 fully saturated rings. The Kier molecular flexibility index (Phi) is 3.51. The maximum absolute atomic E-state index is 13.0. The fraction of sp³-hybridized carbons (Fsp3) is 0.200. The van der Waals surface area contributed by atoms with Gasteiger partial charge in [-0.2, -0.15) is 0 Å². The molecule has 18 heavy (non-hydrogen) atoms. The van der Waals surface area contributed by atoms with Crippen molar-refractivity contribution >= 4 is 5.69 Å². The average Bonchev–Trinajstić information content (AvgIpc) is 2.32. The first-order valence-electron chi connectivity index (χ1n) is 5.84. The standard InChI is InChI=1S/C15H16FNO/c1-10-8-13(16)6-7-15(10)18-11(2)12-4-3-5-14(17)9-12/h3-9,11H,17H2,1-2H3. The molecule has 0 bridgehead atoms. The van der Waals surface area contributed by atoms with Gasteiger partial charge in [-0.1, -0.05) is 12.1 Å². The van der Waals surface area contributed by atoms with E-state index in [9.17, 15) is 4.39 Å². The highest BCUT2D eigenvalue weighted by Crippen LogP contribution is 2.26. The van der Waals surface area contributed by atoms with Crippen LogP contribution in [0.5, 0.6) is 5.75 Å². The van der Waals surface area contributed by atoms with Crippen LogP contribution in [0, 0.1) is 12.7 Å². The van der Waals surface area contributed by atoms with Crippen molar-refractivity contribution in [2.24, 2.45) is 0 Å². The fourth-order valence-electron chi connectivity index (χ4n) is 1.82. The van der Waals surface area contributed by atoms with E-state index >= 15 is 0 Å². The normalized spacial score (nSPS) is 12.2. The summed E-state index contributed by atoms with van der Waals surface area (Å²) in [4.78, 5) is 0. The second-order valence-corrected chi connectivity index (χ2v) is 4.34. The van der Waals surface area contributed by atoms with Crippen LogP contribution in [0.25, 0.3) is 0 Å². The van der Waals surface area contributed by atoms with E-state index in [-0.39, 0.29) is 11.9 Å². The lowest BCUT2D eigenvalue weighted by molar-refractivity contribution is 0.225. The van der Waals surface area contributed by atoms with Gasteiger partial charge in [-0.25, -0.2) is 4.39 Å². The van der Waals surface area contributed by atoms with E-state index in [1.165, 1.54) is 12.1 Å². The van der Waals surface area contributed by atoms with Crippen molar-refractivity contribution in [2.45, 2.75) is 20.0 Å². The molecule has 0 amide bonds. The topological polar surface area (TPSA) is 35.2 Å². The highest BCUT2D eigenvalue weighted by Gasteiger charge is 2.09. The molecule has 2 nitrogen and oxygen atoms in total. The van der Waals surface area contributed by atoms with Crippen LogP contribution in [-0.2, 0) is 0 Å². The maximum Gasteiger partial charge on any atom is 0.123 e. The molecular weight excluding hydrogens is 229 g/mol. The number of nitrogens with two attached hydrogens (primary N) is 1. The molecule has 0 spiro atoms. The molecule has 0 aromatic heterocycles. The number of benzene rings is 2. The molecule has 1 atom stereocenters. The Bertz CT molecular complexity index is 554. The molecule has 0 saturated carbocycles. The summed E-state index contributed by atoms with van der Waals surface area (Å²) in [5, 5.41) is 0. The lowest BCUT2D eigenvalue weighted by Gasteiger charge is -2.17. The summed E-state index contributed by atoms with van der Waals surface area (Å²) in [6.07, 6.45) is -0.127. The van der Waals surface area contributed by atoms with Crippen molar-refractivity contribution in [2.75, 3.05) is 5.73 Å². The number of anilines is 1. The predicted molar refractivity (Wildman–Crippen MR) is 71.0 cm³/mol. The number of aryl methyl sites for hydroxylation is 1. The predicted octanol–water partition coefficient (Wildman–Crippen LogP) is 3.86. The van der Waals surface area contributed by atoms with Crippen LogP contribution in [0.15, 0.2) is 42.5 Å². The first-order valence-corrected chi connectivity index (χ1v) is 5.84. The van der Waals surface area contributed by atoms with E-state index in [0.29, 0.717) is 11.4 Å². The molecular formula is C15H16FNO. The summed E-state index contributed by atoms with van der Waals surface area (Å²) in [6.45, 7) is 3.77. The number of rotatable bonds is 3. The summed E-state index contributed by atoms with van der Waals surface area (Å²) >= 11 is 0. The van der Waals surface area contributed by atoms with Gasteiger partial charge in [0.25, 0.3) is 0 Å². The summed E-state index contributed by atoms with van der Waals surface area (Å²) in [5.41, 5.74) is 8.22. The third-order valence-electron chi connectivity index (χ3n) is 2.82. The van der Waals surface area contributed by atoms with Gasteiger partial charge in [0.05, 0.1) is 0 Å². The SMILES string of the molecule is Cc1cc(F)ccc1OC(C)c1cccc(N)c1. The molecule has 0 heterocycles. The van der Waals surface area contributed by atoms with Crippen molar-refractivity contribution in [3.05, 3.63) is 59.4 Å². The molecule has 0 saturated heterocycles. The average molecular weight is 245 g/mol. The van der Waals surface area contributed by atoms with Crippen molar-refractivity contribution < 1.29 is 9.13 Å². The number of hydrogen-bond donors (Lipinski definition) is 1. The molecule has 94 valence electrons. The van der Waals surface area contributed by atoms with E-state index in [1.807, 2.05) is 38.1 Å². The lowest BCUT2D eigenvalue weighted by atomic mass is 10.1. The van der Waals surface area contributed by atoms with E-state index < -0.39 is 0 Å². The van der Waals surface area contributed by atoms with Crippen molar-refractivity contribution in [3.63, 3.8) is 0 Å². The maximum atomic E-state index is 13.0. The lowest BCUT2D eigenvalue weighted by Crippen LogP contribution is -2.04. The Morgan fingerprint density at radius 3 is 2.61 bits per heavy atom. The first-order chi connectivity index (χ1) is 8.56. The Morgan fingerprint density at radius 1 is 1.17 bits per heavy atom. The van der Waals surface area contributed by atoms with Gasteiger partial charge in [0.2, 0.25) is 0 Å². The van der Waals surface area contributed by atoms with Crippen LogP contribution in [0.3, 0.4) is 0 Å². The molecule has 2 aromatic rings. The summed E-state index contributed by atoms with van der Waals surface area (Å²) in [6, 6.07) is 12.1. The third kappa shape index (κ3) is 2.80. The summed E-state index contributed by atoms with van der Waals surface area (Å²) in [5.74, 6) is 0.433. The molecule has 0 aliphatic carbocycles. The smallest absolute Gasteiger partial charge is 0.123 e. The minimum atomic E-state index is -0.253. The summed E-state index contributed by atoms with van der Waals surface area (Å²) < 4.78 is 18.8. The third-order valence-corrected chi connectivity index (χ3v) is 2.82. The van der Waals surface area contributed by atoms with Gasteiger partial charge in [0, 0.05) is 5.69 Å². The van der Waals surface area contributed by atoms with E-state index in [2.05, 4.69) is 0 Å². The van der Waals surface area contributed by atoms with Crippen LogP contribution in [0.2, 0.25) is 0 Å². The highest BCUT2D eigenvalue weighted by molar-refractivity contribution is 5.42. The second-order valence-electron chi connectivity index (χ2n) is 4.34. The zero-order chi connectivity index (χ0) is 13.1. The van der Waals surface area contributed by atoms with Gasteiger partial charge in [-0.3, -0.25) is 0 Å². The number of hydrogen-bond acceptors (Lipinski definition) is 2. The molecule has 0 aliphatic rings. The van der Waals surface area contributed by atoms with Gasteiger partial charge in [-0.05, 0) is 55.3 Å². The first kappa shape index (κ1) is 12.4. The van der Waals surface area contributed by atoms with Gasteiger partial charge in [0.15, 0.2) is 0 Å². The van der Waals surface area contributed by atoms with Crippen molar-refractivity contribution in [1.29, 1.82) is 0 Å². The second kappa shape index (κ2) is 5.08. The zero-order valence-electron chi connectivity index (χ0n) is 10.5. The quantitative estimate of drug-likeness (QED) is 0.833. The van der Waals surface area contributed by atoms with Gasteiger partial charge in [-0.15, -0.1) is 0 Å². The Balaban J connectivity index is 2.18. The number of nitrogen functional groups attached to an aromatic ring is 1. The Labute approximate surface area is 106 Å². The molecule has 0 radical (unpaired) electrons. The minimum Gasteiger partial charge on any atom is -0.486 e. The highest BCUT2D eigenvalue weighted by atomic mass is 19.1.